The summed E-state index contributed by atoms with van der Waals surface area (Å²) in [6, 6.07) is 66.6. The molecule has 0 saturated carbocycles. The summed E-state index contributed by atoms with van der Waals surface area (Å²) in [6.07, 6.45) is 1.91. The molecule has 0 aliphatic rings. The molecule has 0 fully saturated rings. The van der Waals surface area contributed by atoms with Crippen molar-refractivity contribution in [2.75, 3.05) is 0 Å². The maximum absolute atomic E-state index is 5.07. The molecule has 0 N–H and O–H groups in total. The zero-order valence-corrected chi connectivity index (χ0v) is 32.7. The van der Waals surface area contributed by atoms with Crippen LogP contribution in [0.15, 0.2) is 188 Å². The van der Waals surface area contributed by atoms with Crippen LogP contribution in [0.4, 0.5) is 0 Å². The van der Waals surface area contributed by atoms with Gasteiger partial charge in [-0.05, 0) is 72.3 Å². The first-order chi connectivity index (χ1) is 28.8. The number of para-hydroxylation sites is 2. The molecule has 5 heterocycles. The van der Waals surface area contributed by atoms with Crippen LogP contribution < -0.4 is 0 Å². The van der Waals surface area contributed by atoms with Gasteiger partial charge < -0.3 is 9.13 Å². The van der Waals surface area contributed by atoms with E-state index >= 15 is 0 Å². The molecule has 0 unspecified atom stereocenters. The molecule has 0 amide bonds. The summed E-state index contributed by atoms with van der Waals surface area (Å²) in [5.74, 6) is 0. The van der Waals surface area contributed by atoms with Crippen molar-refractivity contribution in [3.8, 4) is 33.8 Å². The van der Waals surface area contributed by atoms with Gasteiger partial charge >= 0.3 is 0 Å². The molecule has 13 rings (SSSR count). The third kappa shape index (κ3) is 4.51. The van der Waals surface area contributed by atoms with Gasteiger partial charge in [0.25, 0.3) is 0 Å². The molecule has 0 saturated heterocycles. The Labute approximate surface area is 340 Å². The number of hydrogen-bond acceptors (Lipinski definition) is 3. The second-order valence-electron chi connectivity index (χ2n) is 15.1. The van der Waals surface area contributed by atoms with Crippen LogP contribution >= 0.6 is 22.7 Å². The van der Waals surface area contributed by atoms with Crippen LogP contribution in [0.25, 0.3) is 118 Å². The van der Waals surface area contributed by atoms with Crippen LogP contribution in [0.3, 0.4) is 0 Å². The molecule has 5 heteroatoms. The molecule has 0 radical (unpaired) electrons. The highest BCUT2D eigenvalue weighted by molar-refractivity contribution is 7.27. The summed E-state index contributed by atoms with van der Waals surface area (Å²) >= 11 is 3.78. The third-order valence-corrected chi connectivity index (χ3v) is 14.4. The van der Waals surface area contributed by atoms with Gasteiger partial charge in [-0.2, -0.15) is 0 Å². The fourth-order valence-corrected chi connectivity index (χ4v) is 12.0. The molecule has 5 aromatic heterocycles. The third-order valence-electron chi connectivity index (χ3n) is 12.0. The van der Waals surface area contributed by atoms with Gasteiger partial charge in [-0.3, -0.25) is 4.98 Å². The lowest BCUT2D eigenvalue weighted by Crippen LogP contribution is -1.97. The number of pyridine rings is 1. The van der Waals surface area contributed by atoms with Gasteiger partial charge in [0.15, 0.2) is 0 Å². The van der Waals surface area contributed by atoms with E-state index in [0.29, 0.717) is 0 Å². The highest BCUT2D eigenvalue weighted by Crippen LogP contribution is 2.45. The molecule has 270 valence electrons. The van der Waals surface area contributed by atoms with Crippen LogP contribution in [0.1, 0.15) is 0 Å². The van der Waals surface area contributed by atoms with Crippen LogP contribution in [0.2, 0.25) is 0 Å². The van der Waals surface area contributed by atoms with Crippen molar-refractivity contribution < 1.29 is 0 Å². The van der Waals surface area contributed by atoms with Crippen molar-refractivity contribution in [1.29, 1.82) is 0 Å². The quantitative estimate of drug-likeness (QED) is 0.175. The maximum Gasteiger partial charge on any atom is 0.0781 e. The largest absolute Gasteiger partial charge is 0.309 e. The van der Waals surface area contributed by atoms with Gasteiger partial charge in [0, 0.05) is 90.6 Å². The predicted octanol–water partition coefficient (Wildman–Crippen LogP) is 15.3. The van der Waals surface area contributed by atoms with Gasteiger partial charge in [-0.25, -0.2) is 0 Å². The summed E-state index contributed by atoms with van der Waals surface area (Å²) in [5, 5.41) is 10.5. The molecule has 58 heavy (non-hydrogen) atoms. The highest BCUT2D eigenvalue weighted by Gasteiger charge is 2.20. The van der Waals surface area contributed by atoms with Crippen molar-refractivity contribution in [1.82, 2.24) is 14.1 Å². The Hall–Kier alpha value is -7.05. The summed E-state index contributed by atoms with van der Waals surface area (Å²) in [5.41, 5.74) is 11.4. The van der Waals surface area contributed by atoms with Crippen LogP contribution in [-0.4, -0.2) is 14.1 Å². The van der Waals surface area contributed by atoms with E-state index in [0.717, 1.165) is 33.8 Å². The van der Waals surface area contributed by atoms with Crippen molar-refractivity contribution in [3.63, 3.8) is 0 Å². The smallest absolute Gasteiger partial charge is 0.0781 e. The highest BCUT2D eigenvalue weighted by atomic mass is 32.1. The number of aromatic nitrogens is 3. The summed E-state index contributed by atoms with van der Waals surface area (Å²) in [6.45, 7) is 0. The van der Waals surface area contributed by atoms with Gasteiger partial charge in [-0.1, -0.05) is 115 Å². The molecule has 0 aliphatic carbocycles. The minimum absolute atomic E-state index is 0.961. The first kappa shape index (κ1) is 32.1. The van der Waals surface area contributed by atoms with E-state index in [-0.39, 0.29) is 0 Å². The lowest BCUT2D eigenvalue weighted by molar-refractivity contribution is 1.18. The number of hydrogen-bond donors (Lipinski definition) is 0. The second kappa shape index (κ2) is 12.2. The Morgan fingerprint density at radius 3 is 1.45 bits per heavy atom. The maximum atomic E-state index is 5.07. The minimum Gasteiger partial charge on any atom is -0.309 e. The van der Waals surface area contributed by atoms with Crippen molar-refractivity contribution in [3.05, 3.63) is 188 Å². The van der Waals surface area contributed by atoms with Gasteiger partial charge in [0.1, 0.15) is 0 Å². The summed E-state index contributed by atoms with van der Waals surface area (Å²) < 4.78 is 10.2. The molecule has 13 aromatic rings. The molecule has 0 spiro atoms. The van der Waals surface area contributed by atoms with Crippen LogP contribution in [-0.2, 0) is 0 Å². The topological polar surface area (TPSA) is 22.8 Å². The lowest BCUT2D eigenvalue weighted by Gasteiger charge is -2.14. The van der Waals surface area contributed by atoms with Gasteiger partial charge in [-0.15, -0.1) is 22.7 Å². The van der Waals surface area contributed by atoms with Gasteiger partial charge in [0.05, 0.1) is 27.8 Å². The number of benzene rings is 8. The van der Waals surface area contributed by atoms with E-state index < -0.39 is 0 Å². The standard InChI is InChI=1S/C53H31N3S2/c1-5-21-43-41(18-1)49-45(27-25-39-37-16-3-7-23-47(37)57-52(39)49)55(43)34-14-9-12-32(30-34)36-20-11-29-54-51(36)33-13-10-15-35(31-33)56-44-22-6-2-19-42(44)50-46(56)28-26-40-38-17-4-8-24-48(38)58-53(40)50/h1-31H. The minimum atomic E-state index is 0.961. The van der Waals surface area contributed by atoms with E-state index in [4.69, 9.17) is 4.98 Å². The zero-order chi connectivity index (χ0) is 37.9. The van der Waals surface area contributed by atoms with Crippen molar-refractivity contribution >= 4 is 107 Å². The average Bonchev–Trinajstić information content (AvgIpc) is 4.04. The predicted molar refractivity (Wildman–Crippen MR) is 250 cm³/mol. The average molecular weight is 774 g/mol. The van der Waals surface area contributed by atoms with Crippen LogP contribution in [0.5, 0.6) is 0 Å². The molecular weight excluding hydrogens is 743 g/mol. The normalized spacial score (nSPS) is 12.1. The molecule has 3 nitrogen and oxygen atoms in total. The number of thiophene rings is 2. The Morgan fingerprint density at radius 1 is 0.362 bits per heavy atom. The van der Waals surface area contributed by atoms with Crippen LogP contribution in [0, 0.1) is 0 Å². The monoisotopic (exact) mass is 773 g/mol. The molecule has 0 aliphatic heterocycles. The molecular formula is C53H31N3S2. The Kier molecular flexibility index (Phi) is 6.76. The molecule has 0 atom stereocenters. The summed E-state index contributed by atoms with van der Waals surface area (Å²) in [7, 11) is 0. The lowest BCUT2D eigenvalue weighted by atomic mass is 9.98. The first-order valence-electron chi connectivity index (χ1n) is 19.6. The fraction of sp³-hybridized carbons (Fsp3) is 0. The first-order valence-corrected chi connectivity index (χ1v) is 21.3. The second-order valence-corrected chi connectivity index (χ2v) is 17.2. The van der Waals surface area contributed by atoms with E-state index in [1.165, 1.54) is 84.0 Å². The Balaban J connectivity index is 0.975. The number of fused-ring (bicyclic) bond motifs is 14. The number of rotatable bonds is 4. The Morgan fingerprint density at radius 2 is 0.862 bits per heavy atom. The summed E-state index contributed by atoms with van der Waals surface area (Å²) in [4.78, 5) is 5.07. The van der Waals surface area contributed by atoms with E-state index in [9.17, 15) is 0 Å². The van der Waals surface area contributed by atoms with E-state index in [2.05, 4.69) is 191 Å². The van der Waals surface area contributed by atoms with Crippen molar-refractivity contribution in [2.24, 2.45) is 0 Å². The van der Waals surface area contributed by atoms with E-state index in [1.54, 1.807) is 0 Å². The Bertz CT molecular complexity index is 3570. The molecule has 8 aromatic carbocycles. The zero-order valence-electron chi connectivity index (χ0n) is 31.1. The SMILES string of the molecule is c1cc(-c2cccnc2-c2cccc(-n3c4ccccc4c4c5sc6ccccc6c5ccc43)c2)cc(-n2c3ccccc3c3c4sc5ccccc5c4ccc32)c1. The fourth-order valence-electron chi connectivity index (χ4n) is 9.50. The van der Waals surface area contributed by atoms with Gasteiger partial charge in [0.2, 0.25) is 0 Å². The molecule has 0 bridgehead atoms. The van der Waals surface area contributed by atoms with E-state index in [1.807, 2.05) is 28.9 Å². The number of nitrogens with zero attached hydrogens (tertiary/aromatic N) is 3. The van der Waals surface area contributed by atoms with Crippen molar-refractivity contribution in [2.45, 2.75) is 0 Å².